The Morgan fingerprint density at radius 1 is 1.53 bits per heavy atom. The van der Waals surface area contributed by atoms with Crippen LogP contribution in [0.1, 0.15) is 32.6 Å². The molecule has 2 aliphatic rings. The van der Waals surface area contributed by atoms with Crippen molar-refractivity contribution in [2.24, 2.45) is 5.41 Å². The van der Waals surface area contributed by atoms with Gasteiger partial charge in [0.25, 0.3) is 0 Å². The standard InChI is InChI=1S/C12H20N2O3/c1-12(4-5-13-8-12)11(17)14-6-2-3-9(14)7-10(15)16/h9,13H,2-8H2,1H3,(H,15,16). The monoisotopic (exact) mass is 240 g/mol. The van der Waals surface area contributed by atoms with Crippen molar-refractivity contribution in [1.29, 1.82) is 0 Å². The highest BCUT2D eigenvalue weighted by Gasteiger charge is 2.42. The van der Waals surface area contributed by atoms with Crippen LogP contribution in [0.4, 0.5) is 0 Å². The van der Waals surface area contributed by atoms with Gasteiger partial charge in [-0.3, -0.25) is 9.59 Å². The van der Waals surface area contributed by atoms with Gasteiger partial charge >= 0.3 is 5.97 Å². The predicted octanol–water partition coefficient (Wildman–Crippen LogP) is 0.452. The normalized spacial score (nSPS) is 33.0. The first kappa shape index (κ1) is 12.4. The molecule has 2 unspecified atom stereocenters. The summed E-state index contributed by atoms with van der Waals surface area (Å²) in [4.78, 5) is 25.0. The Kier molecular flexibility index (Phi) is 3.38. The highest BCUT2D eigenvalue weighted by atomic mass is 16.4. The Morgan fingerprint density at radius 3 is 2.88 bits per heavy atom. The molecule has 2 N–H and O–H groups in total. The van der Waals surface area contributed by atoms with E-state index in [2.05, 4.69) is 5.32 Å². The first-order valence-corrected chi connectivity index (χ1v) is 6.26. The van der Waals surface area contributed by atoms with E-state index in [1.165, 1.54) is 0 Å². The van der Waals surface area contributed by atoms with E-state index in [4.69, 9.17) is 5.11 Å². The van der Waals surface area contributed by atoms with Crippen LogP contribution in [0.3, 0.4) is 0 Å². The Balaban J connectivity index is 2.05. The van der Waals surface area contributed by atoms with E-state index < -0.39 is 5.97 Å². The highest BCUT2D eigenvalue weighted by molar-refractivity contribution is 5.84. The third kappa shape index (κ3) is 2.44. The summed E-state index contributed by atoms with van der Waals surface area (Å²) >= 11 is 0. The molecule has 0 aliphatic carbocycles. The van der Waals surface area contributed by atoms with Crippen molar-refractivity contribution < 1.29 is 14.7 Å². The van der Waals surface area contributed by atoms with Gasteiger partial charge in [-0.2, -0.15) is 0 Å². The zero-order valence-electron chi connectivity index (χ0n) is 10.2. The van der Waals surface area contributed by atoms with E-state index in [-0.39, 0.29) is 23.8 Å². The molecule has 0 saturated carbocycles. The minimum atomic E-state index is -0.815. The second-order valence-electron chi connectivity index (χ2n) is 5.38. The Hall–Kier alpha value is -1.10. The van der Waals surface area contributed by atoms with Crippen molar-refractivity contribution in [1.82, 2.24) is 10.2 Å². The molecule has 5 nitrogen and oxygen atoms in total. The molecule has 2 heterocycles. The summed E-state index contributed by atoms with van der Waals surface area (Å²) in [5.41, 5.74) is -0.332. The maximum atomic E-state index is 12.5. The van der Waals surface area contributed by atoms with Gasteiger partial charge in [0.2, 0.25) is 5.91 Å². The number of amides is 1. The SMILES string of the molecule is CC1(C(=O)N2CCCC2CC(=O)O)CCNC1. The lowest BCUT2D eigenvalue weighted by molar-refractivity contribution is -0.144. The molecule has 0 spiro atoms. The third-order valence-electron chi connectivity index (χ3n) is 3.93. The fourth-order valence-corrected chi connectivity index (χ4v) is 2.86. The largest absolute Gasteiger partial charge is 0.481 e. The molecule has 5 heteroatoms. The van der Waals surface area contributed by atoms with E-state index in [0.717, 1.165) is 25.8 Å². The number of likely N-dealkylation sites (tertiary alicyclic amines) is 1. The molecular weight excluding hydrogens is 220 g/mol. The van der Waals surface area contributed by atoms with Gasteiger partial charge in [-0.15, -0.1) is 0 Å². The van der Waals surface area contributed by atoms with Gasteiger partial charge in [-0.05, 0) is 32.7 Å². The van der Waals surface area contributed by atoms with Crippen molar-refractivity contribution >= 4 is 11.9 Å². The maximum absolute atomic E-state index is 12.5. The van der Waals surface area contributed by atoms with E-state index >= 15 is 0 Å². The highest BCUT2D eigenvalue weighted by Crippen LogP contribution is 2.31. The summed E-state index contributed by atoms with van der Waals surface area (Å²) in [7, 11) is 0. The number of carboxylic acids is 1. The first-order valence-electron chi connectivity index (χ1n) is 6.26. The van der Waals surface area contributed by atoms with Crippen LogP contribution in [0.2, 0.25) is 0 Å². The van der Waals surface area contributed by atoms with Gasteiger partial charge in [0.05, 0.1) is 11.8 Å². The lowest BCUT2D eigenvalue weighted by atomic mass is 9.87. The third-order valence-corrected chi connectivity index (χ3v) is 3.93. The maximum Gasteiger partial charge on any atom is 0.305 e. The van der Waals surface area contributed by atoms with Crippen molar-refractivity contribution in [3.63, 3.8) is 0 Å². The van der Waals surface area contributed by atoms with E-state index in [0.29, 0.717) is 13.1 Å². The number of aliphatic carboxylic acids is 1. The molecule has 96 valence electrons. The van der Waals surface area contributed by atoms with E-state index in [1.54, 1.807) is 4.90 Å². The molecule has 2 fully saturated rings. The second kappa shape index (κ2) is 4.64. The lowest BCUT2D eigenvalue weighted by Crippen LogP contribution is -2.46. The Morgan fingerprint density at radius 2 is 2.29 bits per heavy atom. The average molecular weight is 240 g/mol. The molecule has 2 saturated heterocycles. The van der Waals surface area contributed by atoms with Gasteiger partial charge in [0, 0.05) is 19.1 Å². The fraction of sp³-hybridized carbons (Fsp3) is 0.833. The summed E-state index contributed by atoms with van der Waals surface area (Å²) in [6, 6.07) is -0.0996. The minimum absolute atomic E-state index is 0.0786. The number of carbonyl (C=O) groups is 2. The lowest BCUT2D eigenvalue weighted by Gasteiger charge is -2.32. The summed E-state index contributed by atoms with van der Waals surface area (Å²) in [5.74, 6) is -0.685. The van der Waals surface area contributed by atoms with Crippen molar-refractivity contribution in [2.75, 3.05) is 19.6 Å². The predicted molar refractivity (Wildman–Crippen MR) is 62.6 cm³/mol. The molecule has 17 heavy (non-hydrogen) atoms. The molecule has 0 aromatic carbocycles. The summed E-state index contributed by atoms with van der Waals surface area (Å²) in [6.07, 6.45) is 2.67. The second-order valence-corrected chi connectivity index (χ2v) is 5.38. The quantitative estimate of drug-likeness (QED) is 0.751. The van der Waals surface area contributed by atoms with E-state index in [9.17, 15) is 9.59 Å². The van der Waals surface area contributed by atoms with Gasteiger partial charge in [-0.25, -0.2) is 0 Å². The molecule has 0 aromatic rings. The number of nitrogens with zero attached hydrogens (tertiary/aromatic N) is 1. The molecule has 0 aromatic heterocycles. The van der Waals surface area contributed by atoms with Crippen LogP contribution in [0.5, 0.6) is 0 Å². The van der Waals surface area contributed by atoms with Crippen LogP contribution in [0, 0.1) is 5.41 Å². The minimum Gasteiger partial charge on any atom is -0.481 e. The number of carboxylic acid groups (broad SMARTS) is 1. The summed E-state index contributed by atoms with van der Waals surface area (Å²) in [6.45, 7) is 4.28. The van der Waals surface area contributed by atoms with Gasteiger partial charge in [-0.1, -0.05) is 0 Å². The average Bonchev–Trinajstić information content (AvgIpc) is 2.86. The van der Waals surface area contributed by atoms with E-state index in [1.807, 2.05) is 6.92 Å². The Labute approximate surface area is 101 Å². The molecule has 0 radical (unpaired) electrons. The number of nitrogens with one attached hydrogen (secondary N) is 1. The molecule has 2 aliphatic heterocycles. The first-order chi connectivity index (χ1) is 8.03. The summed E-state index contributed by atoms with van der Waals surface area (Å²) < 4.78 is 0. The van der Waals surface area contributed by atoms with Crippen LogP contribution < -0.4 is 5.32 Å². The van der Waals surface area contributed by atoms with Crippen LogP contribution in [0.25, 0.3) is 0 Å². The number of hydrogen-bond donors (Lipinski definition) is 2. The van der Waals surface area contributed by atoms with Gasteiger partial charge < -0.3 is 15.3 Å². The van der Waals surface area contributed by atoms with Crippen molar-refractivity contribution in [3.05, 3.63) is 0 Å². The van der Waals surface area contributed by atoms with Crippen LogP contribution >= 0.6 is 0 Å². The van der Waals surface area contributed by atoms with Crippen molar-refractivity contribution in [2.45, 2.75) is 38.6 Å². The number of carbonyl (C=O) groups excluding carboxylic acids is 1. The fourth-order valence-electron chi connectivity index (χ4n) is 2.86. The zero-order valence-corrected chi connectivity index (χ0v) is 10.2. The number of rotatable bonds is 3. The number of hydrogen-bond acceptors (Lipinski definition) is 3. The molecule has 2 rings (SSSR count). The molecule has 2 atom stereocenters. The molecule has 1 amide bonds. The topological polar surface area (TPSA) is 69.6 Å². The Bertz CT molecular complexity index is 324. The zero-order chi connectivity index (χ0) is 12.5. The van der Waals surface area contributed by atoms with Gasteiger partial charge in [0.15, 0.2) is 0 Å². The summed E-state index contributed by atoms with van der Waals surface area (Å²) in [5, 5.41) is 12.1. The van der Waals surface area contributed by atoms with Crippen LogP contribution in [0.15, 0.2) is 0 Å². The van der Waals surface area contributed by atoms with Crippen LogP contribution in [-0.2, 0) is 9.59 Å². The molecular formula is C12H20N2O3. The van der Waals surface area contributed by atoms with Gasteiger partial charge in [0.1, 0.15) is 0 Å². The smallest absolute Gasteiger partial charge is 0.305 e. The van der Waals surface area contributed by atoms with Crippen molar-refractivity contribution in [3.8, 4) is 0 Å². The molecule has 0 bridgehead atoms. The van der Waals surface area contributed by atoms with Crippen LogP contribution in [-0.4, -0.2) is 47.6 Å².